The molecule has 0 aromatic carbocycles. The summed E-state index contributed by atoms with van der Waals surface area (Å²) in [5.41, 5.74) is 1.04. The summed E-state index contributed by atoms with van der Waals surface area (Å²) in [6.07, 6.45) is 3.44. The summed E-state index contributed by atoms with van der Waals surface area (Å²) in [6.45, 7) is 4.59. The Hall–Kier alpha value is -0.0400. The molecule has 0 bridgehead atoms. The van der Waals surface area contributed by atoms with Crippen LogP contribution in [0.5, 0.6) is 0 Å². The molecule has 0 aromatic rings. The van der Waals surface area contributed by atoms with Crippen LogP contribution in [0.25, 0.3) is 0 Å². The van der Waals surface area contributed by atoms with Crippen molar-refractivity contribution in [2.75, 3.05) is 0 Å². The van der Waals surface area contributed by atoms with E-state index in [1.54, 1.807) is 0 Å². The zero-order valence-electron chi connectivity index (χ0n) is 6.15. The first kappa shape index (κ1) is 5.72. The second kappa shape index (κ2) is 1.20. The minimum atomic E-state index is 0.00810. The Morgan fingerprint density at radius 1 is 1.22 bits per heavy atom. The number of rotatable bonds is 0. The quantitative estimate of drug-likeness (QED) is 0.522. The van der Waals surface area contributed by atoms with Crippen LogP contribution in [0.2, 0.25) is 0 Å². The van der Waals surface area contributed by atoms with Crippen LogP contribution in [0.15, 0.2) is 0 Å². The first-order valence-corrected chi connectivity index (χ1v) is 3.74. The average Bonchev–Trinajstić information content (AvgIpc) is 1.97. The predicted molar refractivity (Wildman–Crippen MR) is 36.1 cm³/mol. The molecule has 2 rings (SSSR count). The molecule has 9 heavy (non-hydrogen) atoms. The highest BCUT2D eigenvalue weighted by atomic mass is 16.3. The molecule has 0 saturated heterocycles. The van der Waals surface area contributed by atoms with Gasteiger partial charge in [-0.15, -0.1) is 0 Å². The topological polar surface area (TPSA) is 20.2 Å². The largest absolute Gasteiger partial charge is 0.393 e. The first-order chi connectivity index (χ1) is 4.06. The maximum atomic E-state index is 9.26. The van der Waals surface area contributed by atoms with Crippen molar-refractivity contribution in [1.82, 2.24) is 0 Å². The molecule has 0 aliphatic heterocycles. The van der Waals surface area contributed by atoms with E-state index >= 15 is 0 Å². The fourth-order valence-corrected chi connectivity index (χ4v) is 2.57. The summed E-state index contributed by atoms with van der Waals surface area (Å²) in [5, 5.41) is 9.26. The molecular weight excluding hydrogens is 112 g/mol. The molecule has 0 spiro atoms. The highest BCUT2D eigenvalue weighted by Crippen LogP contribution is 2.72. The van der Waals surface area contributed by atoms with Gasteiger partial charge in [-0.1, -0.05) is 13.8 Å². The van der Waals surface area contributed by atoms with E-state index in [-0.39, 0.29) is 6.10 Å². The van der Waals surface area contributed by atoms with Gasteiger partial charge in [0.05, 0.1) is 6.10 Å². The van der Waals surface area contributed by atoms with Crippen LogP contribution in [-0.2, 0) is 0 Å². The van der Waals surface area contributed by atoms with Crippen molar-refractivity contribution in [2.24, 2.45) is 10.8 Å². The maximum absolute atomic E-state index is 9.26. The Morgan fingerprint density at radius 2 is 1.67 bits per heavy atom. The number of aliphatic hydroxyl groups is 1. The van der Waals surface area contributed by atoms with E-state index in [0.717, 1.165) is 12.8 Å². The van der Waals surface area contributed by atoms with Crippen LogP contribution in [0.1, 0.15) is 33.1 Å². The lowest BCUT2D eigenvalue weighted by molar-refractivity contribution is 0.156. The van der Waals surface area contributed by atoms with Crippen molar-refractivity contribution in [3.8, 4) is 0 Å². The molecule has 2 unspecified atom stereocenters. The summed E-state index contributed by atoms with van der Waals surface area (Å²) in [4.78, 5) is 0. The molecule has 0 radical (unpaired) electrons. The van der Waals surface area contributed by atoms with Gasteiger partial charge < -0.3 is 5.11 Å². The second-order valence-corrected chi connectivity index (χ2v) is 4.36. The van der Waals surface area contributed by atoms with Crippen molar-refractivity contribution >= 4 is 0 Å². The van der Waals surface area contributed by atoms with Crippen LogP contribution in [0.4, 0.5) is 0 Å². The molecule has 2 aliphatic rings. The van der Waals surface area contributed by atoms with E-state index < -0.39 is 0 Å². The molecule has 1 N–H and O–H groups in total. The molecule has 1 heteroatoms. The third-order valence-electron chi connectivity index (χ3n) is 3.48. The Morgan fingerprint density at radius 3 is 1.89 bits per heavy atom. The molecule has 1 nitrogen and oxygen atoms in total. The van der Waals surface area contributed by atoms with Gasteiger partial charge in [-0.3, -0.25) is 0 Å². The number of hydrogen-bond donors (Lipinski definition) is 1. The summed E-state index contributed by atoms with van der Waals surface area (Å²) in [5.74, 6) is 0. The van der Waals surface area contributed by atoms with Crippen molar-refractivity contribution in [3.05, 3.63) is 0 Å². The third-order valence-corrected chi connectivity index (χ3v) is 3.48. The molecule has 52 valence electrons. The highest BCUT2D eigenvalue weighted by molar-refractivity contribution is 5.15. The molecule has 0 heterocycles. The van der Waals surface area contributed by atoms with Gasteiger partial charge in [0, 0.05) is 0 Å². The van der Waals surface area contributed by atoms with Gasteiger partial charge in [0.15, 0.2) is 0 Å². The van der Waals surface area contributed by atoms with E-state index in [0.29, 0.717) is 10.8 Å². The third kappa shape index (κ3) is 0.536. The normalized spacial score (nSPS) is 63.7. The van der Waals surface area contributed by atoms with Gasteiger partial charge in [0.25, 0.3) is 0 Å². The smallest absolute Gasteiger partial charge is 0.0551 e. The van der Waals surface area contributed by atoms with Gasteiger partial charge >= 0.3 is 0 Å². The lowest BCUT2D eigenvalue weighted by atomic mass is 10.0. The second-order valence-electron chi connectivity index (χ2n) is 4.36. The Balaban J connectivity index is 2.20. The van der Waals surface area contributed by atoms with Gasteiger partial charge in [0.1, 0.15) is 0 Å². The van der Waals surface area contributed by atoms with Gasteiger partial charge in [-0.2, -0.15) is 0 Å². The summed E-state index contributed by atoms with van der Waals surface area (Å²) in [7, 11) is 0. The molecule has 0 aromatic heterocycles. The molecule has 2 atom stereocenters. The van der Waals surface area contributed by atoms with E-state index in [2.05, 4.69) is 13.8 Å². The predicted octanol–water partition coefficient (Wildman–Crippen LogP) is 1.56. The fourth-order valence-electron chi connectivity index (χ4n) is 2.57. The van der Waals surface area contributed by atoms with E-state index in [9.17, 15) is 5.11 Å². The highest BCUT2D eigenvalue weighted by Gasteiger charge is 2.65. The molecule has 2 saturated carbocycles. The molecule has 2 aliphatic carbocycles. The summed E-state index contributed by atoms with van der Waals surface area (Å²) < 4.78 is 0. The Kier molecular flexibility index (Phi) is 0.760. The zero-order chi connectivity index (χ0) is 6.70. The lowest BCUT2D eigenvalue weighted by Gasteiger charge is -2.03. The van der Waals surface area contributed by atoms with Crippen molar-refractivity contribution < 1.29 is 5.11 Å². The molecular formula is C8H14O. The Bertz CT molecular complexity index is 139. The van der Waals surface area contributed by atoms with Gasteiger partial charge in [0.2, 0.25) is 0 Å². The minimum absolute atomic E-state index is 0.00810. The van der Waals surface area contributed by atoms with Crippen LogP contribution in [0.3, 0.4) is 0 Å². The Labute approximate surface area is 56.1 Å². The number of fused-ring (bicyclic) bond motifs is 1. The van der Waals surface area contributed by atoms with Crippen LogP contribution >= 0.6 is 0 Å². The van der Waals surface area contributed by atoms with Crippen LogP contribution in [0, 0.1) is 10.8 Å². The van der Waals surface area contributed by atoms with Crippen molar-refractivity contribution in [1.29, 1.82) is 0 Å². The minimum Gasteiger partial charge on any atom is -0.393 e. The zero-order valence-corrected chi connectivity index (χ0v) is 6.15. The fraction of sp³-hybridized carbons (Fsp3) is 1.00. The van der Waals surface area contributed by atoms with Gasteiger partial charge in [-0.05, 0) is 30.1 Å². The lowest BCUT2D eigenvalue weighted by Crippen LogP contribution is -2.04. The standard InChI is InChI=1S/C8H14O/c1-7-3-6(9)4-8(7,2)5-7/h6,9H,3-5H2,1-2H3. The monoisotopic (exact) mass is 126 g/mol. The van der Waals surface area contributed by atoms with Crippen molar-refractivity contribution in [2.45, 2.75) is 39.2 Å². The van der Waals surface area contributed by atoms with Crippen LogP contribution in [-0.4, -0.2) is 11.2 Å². The van der Waals surface area contributed by atoms with E-state index in [1.165, 1.54) is 6.42 Å². The van der Waals surface area contributed by atoms with E-state index in [4.69, 9.17) is 0 Å². The number of hydrogen-bond acceptors (Lipinski definition) is 1. The average molecular weight is 126 g/mol. The molecule has 0 amide bonds. The van der Waals surface area contributed by atoms with Gasteiger partial charge in [-0.25, -0.2) is 0 Å². The maximum Gasteiger partial charge on any atom is 0.0551 e. The first-order valence-electron chi connectivity index (χ1n) is 3.74. The van der Waals surface area contributed by atoms with Crippen LogP contribution < -0.4 is 0 Å². The SMILES string of the molecule is CC12CC(O)CC1(C)C2. The van der Waals surface area contributed by atoms with Crippen molar-refractivity contribution in [3.63, 3.8) is 0 Å². The summed E-state index contributed by atoms with van der Waals surface area (Å²) >= 11 is 0. The van der Waals surface area contributed by atoms with E-state index in [1.807, 2.05) is 0 Å². The molecule has 2 fully saturated rings. The summed E-state index contributed by atoms with van der Waals surface area (Å²) in [6, 6.07) is 0. The number of aliphatic hydroxyl groups excluding tert-OH is 1.